The van der Waals surface area contributed by atoms with Crippen LogP contribution < -0.4 is 10.6 Å². The Balaban J connectivity index is 1.83. The van der Waals surface area contributed by atoms with E-state index < -0.39 is 18.4 Å². The number of carboxylic acids is 1. The quantitative estimate of drug-likeness (QED) is 0.707. The maximum atomic E-state index is 12.3. The number of nitrogens with one attached hydrogen (secondary N) is 2. The van der Waals surface area contributed by atoms with Gasteiger partial charge in [-0.1, -0.05) is 39.0 Å². The molecule has 2 amide bonds. The lowest BCUT2D eigenvalue weighted by Crippen LogP contribution is -2.29. The third-order valence-electron chi connectivity index (χ3n) is 4.67. The molecule has 0 aromatic heterocycles. The van der Waals surface area contributed by atoms with Crippen molar-refractivity contribution in [3.63, 3.8) is 0 Å². The molecule has 6 heteroatoms. The Morgan fingerprint density at radius 1 is 1.12 bits per heavy atom. The van der Waals surface area contributed by atoms with Gasteiger partial charge in [-0.2, -0.15) is 0 Å². The van der Waals surface area contributed by atoms with Crippen molar-refractivity contribution >= 4 is 23.5 Å². The molecule has 0 aliphatic heterocycles. The summed E-state index contributed by atoms with van der Waals surface area (Å²) in [7, 11) is 0. The third-order valence-corrected chi connectivity index (χ3v) is 4.67. The van der Waals surface area contributed by atoms with E-state index in [2.05, 4.69) is 10.6 Å². The number of carboxylic acid groups (broad SMARTS) is 1. The highest BCUT2D eigenvalue weighted by atomic mass is 16.4. The molecule has 6 nitrogen and oxygen atoms in total. The number of benzene rings is 1. The summed E-state index contributed by atoms with van der Waals surface area (Å²) in [5.41, 5.74) is 0.991. The van der Waals surface area contributed by atoms with E-state index in [9.17, 15) is 14.4 Å². The van der Waals surface area contributed by atoms with Gasteiger partial charge in [-0.15, -0.1) is 0 Å². The second-order valence-corrected chi connectivity index (χ2v) is 6.78. The summed E-state index contributed by atoms with van der Waals surface area (Å²) in [5, 5.41) is 13.7. The van der Waals surface area contributed by atoms with E-state index in [4.69, 9.17) is 5.11 Å². The van der Waals surface area contributed by atoms with E-state index in [1.165, 1.54) is 32.1 Å². The predicted octanol–water partition coefficient (Wildman–Crippen LogP) is 3.05. The van der Waals surface area contributed by atoms with Crippen molar-refractivity contribution in [2.24, 2.45) is 11.8 Å². The maximum Gasteiger partial charge on any atom is 0.322 e. The molecule has 136 valence electrons. The van der Waals surface area contributed by atoms with Crippen molar-refractivity contribution in [1.29, 1.82) is 0 Å². The SMILES string of the molecule is CC(CC1CCCCC1)C(=O)Nc1ccc(C(=O)NCC(=O)O)cc1. The molecule has 2 rings (SSSR count). The lowest BCUT2D eigenvalue weighted by Gasteiger charge is -2.24. The molecule has 1 aromatic rings. The Morgan fingerprint density at radius 2 is 1.76 bits per heavy atom. The highest BCUT2D eigenvalue weighted by molar-refractivity contribution is 5.97. The van der Waals surface area contributed by atoms with Crippen LogP contribution in [0.15, 0.2) is 24.3 Å². The Morgan fingerprint density at radius 3 is 2.36 bits per heavy atom. The van der Waals surface area contributed by atoms with Crippen LogP contribution in [0.4, 0.5) is 5.69 Å². The van der Waals surface area contributed by atoms with Crippen LogP contribution in [0.1, 0.15) is 55.8 Å². The molecule has 1 fully saturated rings. The zero-order valence-corrected chi connectivity index (χ0v) is 14.6. The lowest BCUT2D eigenvalue weighted by molar-refractivity contribution is -0.135. The van der Waals surface area contributed by atoms with Crippen LogP contribution in [-0.4, -0.2) is 29.4 Å². The molecule has 1 aromatic carbocycles. The molecule has 25 heavy (non-hydrogen) atoms. The monoisotopic (exact) mass is 346 g/mol. The predicted molar refractivity (Wildman–Crippen MR) is 95.4 cm³/mol. The summed E-state index contributed by atoms with van der Waals surface area (Å²) in [6, 6.07) is 6.44. The average molecular weight is 346 g/mol. The fraction of sp³-hybridized carbons (Fsp3) is 0.526. The number of carbonyl (C=O) groups is 3. The van der Waals surface area contributed by atoms with Gasteiger partial charge in [0.15, 0.2) is 0 Å². The highest BCUT2D eigenvalue weighted by Crippen LogP contribution is 2.29. The smallest absolute Gasteiger partial charge is 0.322 e. The average Bonchev–Trinajstić information content (AvgIpc) is 2.61. The number of amides is 2. The first-order valence-corrected chi connectivity index (χ1v) is 8.86. The first-order valence-electron chi connectivity index (χ1n) is 8.86. The van der Waals surface area contributed by atoms with Gasteiger partial charge in [0.1, 0.15) is 6.54 Å². The van der Waals surface area contributed by atoms with Crippen LogP contribution in [0.5, 0.6) is 0 Å². The molecule has 0 bridgehead atoms. The van der Waals surface area contributed by atoms with E-state index >= 15 is 0 Å². The first kappa shape index (κ1) is 19.0. The Labute approximate surface area is 148 Å². The van der Waals surface area contributed by atoms with E-state index in [0.29, 0.717) is 17.2 Å². The molecular formula is C19H26N2O4. The molecule has 1 atom stereocenters. The van der Waals surface area contributed by atoms with Gasteiger partial charge >= 0.3 is 5.97 Å². The van der Waals surface area contributed by atoms with Crippen LogP contribution >= 0.6 is 0 Å². The van der Waals surface area contributed by atoms with Gasteiger partial charge in [0.2, 0.25) is 5.91 Å². The number of hydrogen-bond acceptors (Lipinski definition) is 3. The van der Waals surface area contributed by atoms with Crippen molar-refractivity contribution < 1.29 is 19.5 Å². The molecule has 0 spiro atoms. The largest absolute Gasteiger partial charge is 0.480 e. The van der Waals surface area contributed by atoms with Crippen molar-refractivity contribution in [3.05, 3.63) is 29.8 Å². The molecule has 1 aliphatic carbocycles. The number of carbonyl (C=O) groups excluding carboxylic acids is 2. The number of rotatable bonds is 7. The van der Waals surface area contributed by atoms with Gasteiger partial charge in [-0.3, -0.25) is 14.4 Å². The summed E-state index contributed by atoms with van der Waals surface area (Å²) >= 11 is 0. The van der Waals surface area contributed by atoms with Crippen LogP contribution in [0, 0.1) is 11.8 Å². The normalized spacial score (nSPS) is 16.0. The summed E-state index contributed by atoms with van der Waals surface area (Å²) < 4.78 is 0. The minimum absolute atomic E-state index is 0.00588. The topological polar surface area (TPSA) is 95.5 Å². The van der Waals surface area contributed by atoms with Crippen LogP contribution in [0.25, 0.3) is 0 Å². The minimum Gasteiger partial charge on any atom is -0.480 e. The molecular weight excluding hydrogens is 320 g/mol. The van der Waals surface area contributed by atoms with E-state index in [-0.39, 0.29) is 11.8 Å². The highest BCUT2D eigenvalue weighted by Gasteiger charge is 2.21. The fourth-order valence-corrected chi connectivity index (χ4v) is 3.26. The van der Waals surface area contributed by atoms with Crippen LogP contribution in [0.2, 0.25) is 0 Å². The molecule has 0 radical (unpaired) electrons. The van der Waals surface area contributed by atoms with Gasteiger partial charge in [0.05, 0.1) is 0 Å². The number of aliphatic carboxylic acids is 1. The Hall–Kier alpha value is -2.37. The number of anilines is 1. The summed E-state index contributed by atoms with van der Waals surface area (Å²) in [6.07, 6.45) is 7.20. The summed E-state index contributed by atoms with van der Waals surface area (Å²) in [6.45, 7) is 1.54. The van der Waals surface area contributed by atoms with E-state index in [1.807, 2.05) is 6.92 Å². The summed E-state index contributed by atoms with van der Waals surface area (Å²) in [5.74, 6) is -0.944. The maximum absolute atomic E-state index is 12.3. The van der Waals surface area contributed by atoms with Gasteiger partial charge in [0.25, 0.3) is 5.91 Å². The second-order valence-electron chi connectivity index (χ2n) is 6.78. The van der Waals surface area contributed by atoms with Gasteiger partial charge in [0, 0.05) is 17.2 Å². The van der Waals surface area contributed by atoms with Crippen LogP contribution in [-0.2, 0) is 9.59 Å². The summed E-state index contributed by atoms with van der Waals surface area (Å²) in [4.78, 5) is 34.5. The zero-order chi connectivity index (χ0) is 18.2. The zero-order valence-electron chi connectivity index (χ0n) is 14.6. The minimum atomic E-state index is -1.09. The van der Waals surface area contributed by atoms with E-state index in [0.717, 1.165) is 6.42 Å². The van der Waals surface area contributed by atoms with Gasteiger partial charge in [-0.05, 0) is 36.6 Å². The van der Waals surface area contributed by atoms with E-state index in [1.54, 1.807) is 24.3 Å². The molecule has 0 saturated heterocycles. The standard InChI is InChI=1S/C19H26N2O4/c1-13(11-14-5-3-2-4-6-14)18(24)21-16-9-7-15(8-10-16)19(25)20-12-17(22)23/h7-10,13-14H,2-6,11-12H2,1H3,(H,20,25)(H,21,24)(H,22,23). The van der Waals surface area contributed by atoms with Crippen molar-refractivity contribution in [1.82, 2.24) is 5.32 Å². The van der Waals surface area contributed by atoms with Crippen molar-refractivity contribution in [3.8, 4) is 0 Å². The molecule has 0 heterocycles. The Kier molecular flexibility index (Phi) is 6.98. The molecule has 1 saturated carbocycles. The van der Waals surface area contributed by atoms with Crippen molar-refractivity contribution in [2.75, 3.05) is 11.9 Å². The second kappa shape index (κ2) is 9.20. The van der Waals surface area contributed by atoms with Gasteiger partial charge in [-0.25, -0.2) is 0 Å². The molecule has 3 N–H and O–H groups in total. The Bertz CT molecular complexity index is 606. The molecule has 1 unspecified atom stereocenters. The molecule has 1 aliphatic rings. The van der Waals surface area contributed by atoms with Gasteiger partial charge < -0.3 is 15.7 Å². The van der Waals surface area contributed by atoms with Crippen molar-refractivity contribution in [2.45, 2.75) is 45.4 Å². The number of hydrogen-bond donors (Lipinski definition) is 3. The fourth-order valence-electron chi connectivity index (χ4n) is 3.26. The van der Waals surface area contributed by atoms with Crippen LogP contribution in [0.3, 0.4) is 0 Å². The lowest BCUT2D eigenvalue weighted by atomic mass is 9.83. The first-order chi connectivity index (χ1) is 12.0. The third kappa shape index (κ3) is 6.21.